The number of hydrogen-bond acceptors (Lipinski definition) is 4. The fraction of sp³-hybridized carbons (Fsp3) is 0. The van der Waals surface area contributed by atoms with E-state index in [1.54, 1.807) is 0 Å². The number of aliphatic carboxylic acids is 2. The molecule has 0 aromatic rings. The van der Waals surface area contributed by atoms with Crippen LogP contribution in [0, 0.1) is 0 Å². The number of carboxylic acids is 2. The van der Waals surface area contributed by atoms with Crippen molar-refractivity contribution < 1.29 is 36.6 Å². The summed E-state index contributed by atoms with van der Waals surface area (Å²) in [6.07, 6.45) is 0.769. The Kier molecular flexibility index (Phi) is 6.54. The Labute approximate surface area is 61.4 Å². The Morgan fingerprint density at radius 2 is 1.22 bits per heavy atom. The molecule has 4 nitrogen and oxygen atoms in total. The first kappa shape index (κ1) is 11.0. The SMILES string of the molecule is O=C([O-])/C=C/C(=O)[O-].[Co+2]. The molecule has 51 valence electrons. The Morgan fingerprint density at radius 3 is 1.33 bits per heavy atom. The normalized spacial score (nSPS) is 8.44. The van der Waals surface area contributed by atoms with Gasteiger partial charge in [-0.25, -0.2) is 0 Å². The van der Waals surface area contributed by atoms with Crippen LogP contribution < -0.4 is 10.2 Å². The van der Waals surface area contributed by atoms with Crippen LogP contribution in [0.5, 0.6) is 0 Å². The molecule has 0 heterocycles. The van der Waals surface area contributed by atoms with E-state index < -0.39 is 11.9 Å². The average Bonchev–Trinajstić information content (AvgIpc) is 1.61. The van der Waals surface area contributed by atoms with E-state index in [9.17, 15) is 19.8 Å². The van der Waals surface area contributed by atoms with Crippen molar-refractivity contribution in [1.29, 1.82) is 0 Å². The molecule has 0 amide bonds. The molecule has 0 N–H and O–H groups in total. The minimum absolute atomic E-state index is 0. The zero-order chi connectivity index (χ0) is 6.57. The molecule has 0 unspecified atom stereocenters. The molecule has 0 aliphatic carbocycles. The molecule has 1 radical (unpaired) electrons. The van der Waals surface area contributed by atoms with Gasteiger partial charge in [0.1, 0.15) is 0 Å². The minimum atomic E-state index is -1.55. The molecule has 0 fully saturated rings. The van der Waals surface area contributed by atoms with Crippen molar-refractivity contribution in [2.24, 2.45) is 0 Å². The topological polar surface area (TPSA) is 80.3 Å². The maximum Gasteiger partial charge on any atom is 2.00 e. The van der Waals surface area contributed by atoms with Crippen molar-refractivity contribution in [3.05, 3.63) is 12.2 Å². The summed E-state index contributed by atoms with van der Waals surface area (Å²) >= 11 is 0. The predicted octanol–water partition coefficient (Wildman–Crippen LogP) is -2.96. The van der Waals surface area contributed by atoms with E-state index in [-0.39, 0.29) is 16.8 Å². The molecule has 9 heavy (non-hydrogen) atoms. The third kappa shape index (κ3) is 11.0. The zero-order valence-corrected chi connectivity index (χ0v) is 5.16. The van der Waals surface area contributed by atoms with Gasteiger partial charge in [-0.3, -0.25) is 0 Å². The maximum atomic E-state index is 9.41. The fourth-order valence-corrected chi connectivity index (χ4v) is 0.136. The van der Waals surface area contributed by atoms with Crippen molar-refractivity contribution in [3.8, 4) is 0 Å². The monoisotopic (exact) mass is 173 g/mol. The molecule has 0 aromatic heterocycles. The van der Waals surface area contributed by atoms with Crippen LogP contribution in [0.25, 0.3) is 0 Å². The summed E-state index contributed by atoms with van der Waals surface area (Å²) in [5, 5.41) is 18.8. The Hall–Kier alpha value is -0.814. The number of carboxylic acid groups (broad SMARTS) is 2. The molecule has 0 saturated heterocycles. The van der Waals surface area contributed by atoms with E-state index in [0.29, 0.717) is 12.2 Å². The van der Waals surface area contributed by atoms with Gasteiger partial charge in [0.15, 0.2) is 0 Å². The van der Waals surface area contributed by atoms with E-state index in [0.717, 1.165) is 0 Å². The molecule has 0 spiro atoms. The summed E-state index contributed by atoms with van der Waals surface area (Å²) in [5.41, 5.74) is 0. The first-order chi connectivity index (χ1) is 3.63. The Bertz CT molecular complexity index is 124. The molecule has 0 aromatic carbocycles. The standard InChI is InChI=1S/C4H4O4.Co/c5-3(6)1-2-4(7)8;/h1-2H,(H,5,6)(H,7,8);/q;+2/p-2/b2-1+;. The first-order valence-electron chi connectivity index (χ1n) is 1.73. The second kappa shape index (κ2) is 5.33. The molecule has 0 saturated carbocycles. The third-order valence-corrected chi connectivity index (χ3v) is 0.355. The first-order valence-corrected chi connectivity index (χ1v) is 1.73. The van der Waals surface area contributed by atoms with Crippen molar-refractivity contribution in [3.63, 3.8) is 0 Å². The van der Waals surface area contributed by atoms with Crippen molar-refractivity contribution in [2.45, 2.75) is 0 Å². The van der Waals surface area contributed by atoms with Gasteiger partial charge in [-0.15, -0.1) is 0 Å². The van der Waals surface area contributed by atoms with Gasteiger partial charge in [-0.05, 0) is 12.2 Å². The Balaban J connectivity index is 0. The van der Waals surface area contributed by atoms with Crippen LogP contribution in [-0.4, -0.2) is 11.9 Å². The van der Waals surface area contributed by atoms with Gasteiger partial charge < -0.3 is 19.8 Å². The van der Waals surface area contributed by atoms with Gasteiger partial charge in [-0.2, -0.15) is 0 Å². The summed E-state index contributed by atoms with van der Waals surface area (Å²) in [7, 11) is 0. The van der Waals surface area contributed by atoms with E-state index in [1.165, 1.54) is 0 Å². The summed E-state index contributed by atoms with van der Waals surface area (Å²) in [4.78, 5) is 18.8. The third-order valence-electron chi connectivity index (χ3n) is 0.355. The summed E-state index contributed by atoms with van der Waals surface area (Å²) in [6.45, 7) is 0. The van der Waals surface area contributed by atoms with Crippen molar-refractivity contribution in [1.82, 2.24) is 0 Å². The summed E-state index contributed by atoms with van der Waals surface area (Å²) in [6, 6.07) is 0. The molecule has 0 aliphatic rings. The van der Waals surface area contributed by atoms with Crippen molar-refractivity contribution in [2.75, 3.05) is 0 Å². The number of rotatable bonds is 2. The van der Waals surface area contributed by atoms with Crippen LogP contribution >= 0.6 is 0 Å². The van der Waals surface area contributed by atoms with E-state index in [4.69, 9.17) is 0 Å². The van der Waals surface area contributed by atoms with Crippen LogP contribution in [0.2, 0.25) is 0 Å². The molecule has 0 rings (SSSR count). The van der Waals surface area contributed by atoms with E-state index >= 15 is 0 Å². The van der Waals surface area contributed by atoms with Gasteiger partial charge in [-0.1, -0.05) is 0 Å². The maximum absolute atomic E-state index is 9.41. The van der Waals surface area contributed by atoms with Crippen LogP contribution in [0.15, 0.2) is 12.2 Å². The van der Waals surface area contributed by atoms with E-state index in [2.05, 4.69) is 0 Å². The molecule has 0 atom stereocenters. The van der Waals surface area contributed by atoms with Crippen molar-refractivity contribution >= 4 is 11.9 Å². The Morgan fingerprint density at radius 1 is 1.00 bits per heavy atom. The van der Waals surface area contributed by atoms with Crippen LogP contribution in [0.1, 0.15) is 0 Å². The van der Waals surface area contributed by atoms with Crippen LogP contribution in [-0.2, 0) is 26.4 Å². The molecule has 0 aliphatic heterocycles. The number of hydrogen-bond donors (Lipinski definition) is 0. The summed E-state index contributed by atoms with van der Waals surface area (Å²) in [5.74, 6) is -3.09. The number of carbonyl (C=O) groups is 2. The van der Waals surface area contributed by atoms with Crippen LogP contribution in [0.4, 0.5) is 0 Å². The number of carbonyl (C=O) groups excluding carboxylic acids is 2. The molecular weight excluding hydrogens is 171 g/mol. The minimum Gasteiger partial charge on any atom is -0.545 e. The fourth-order valence-electron chi connectivity index (χ4n) is 0.136. The molecule has 5 heteroatoms. The zero-order valence-electron chi connectivity index (χ0n) is 4.12. The van der Waals surface area contributed by atoms with Gasteiger partial charge in [0.2, 0.25) is 0 Å². The predicted molar refractivity (Wildman–Crippen MR) is 19.2 cm³/mol. The molecule has 0 bridgehead atoms. The summed E-state index contributed by atoms with van der Waals surface area (Å²) < 4.78 is 0. The second-order valence-corrected chi connectivity index (χ2v) is 0.971. The van der Waals surface area contributed by atoms with Gasteiger partial charge in [0.05, 0.1) is 11.9 Å². The van der Waals surface area contributed by atoms with Crippen LogP contribution in [0.3, 0.4) is 0 Å². The smallest absolute Gasteiger partial charge is 0.545 e. The quantitative estimate of drug-likeness (QED) is 0.418. The van der Waals surface area contributed by atoms with Gasteiger partial charge >= 0.3 is 16.8 Å². The van der Waals surface area contributed by atoms with Gasteiger partial charge in [0, 0.05) is 0 Å². The van der Waals surface area contributed by atoms with Gasteiger partial charge in [0.25, 0.3) is 0 Å². The largest absolute Gasteiger partial charge is 2.00 e. The second-order valence-electron chi connectivity index (χ2n) is 0.971. The molecular formula is C4H2CoO4. The van der Waals surface area contributed by atoms with E-state index in [1.807, 2.05) is 0 Å². The average molecular weight is 173 g/mol.